The zero-order valence-corrected chi connectivity index (χ0v) is 18.3. The van der Waals surface area contributed by atoms with Gasteiger partial charge in [0.25, 0.3) is 0 Å². The van der Waals surface area contributed by atoms with Crippen LogP contribution in [-0.4, -0.2) is 44.7 Å². The summed E-state index contributed by atoms with van der Waals surface area (Å²) in [6.45, 7) is 6.94. The van der Waals surface area contributed by atoms with Crippen molar-refractivity contribution < 1.29 is 25.2 Å². The van der Waals surface area contributed by atoms with Crippen LogP contribution in [0.3, 0.4) is 0 Å². The Bertz CT molecular complexity index is 637. The predicted octanol–water partition coefficient (Wildman–Crippen LogP) is 3.45. The van der Waals surface area contributed by atoms with Crippen molar-refractivity contribution in [1.82, 2.24) is 0 Å². The van der Waals surface area contributed by atoms with Gasteiger partial charge >= 0.3 is 5.97 Å². The van der Waals surface area contributed by atoms with Crippen LogP contribution in [0.5, 0.6) is 0 Å². The molecule has 4 aliphatic rings. The summed E-state index contributed by atoms with van der Waals surface area (Å²) in [4.78, 5) is 11.1. The number of carbonyl (C=O) groups is 1. The first kappa shape index (κ1) is 21.6. The third-order valence-corrected chi connectivity index (χ3v) is 10.3. The summed E-state index contributed by atoms with van der Waals surface area (Å²) < 4.78 is 0. The van der Waals surface area contributed by atoms with E-state index < -0.39 is 24.3 Å². The Morgan fingerprint density at radius 2 is 1.59 bits per heavy atom. The lowest BCUT2D eigenvalue weighted by Gasteiger charge is -2.63. The van der Waals surface area contributed by atoms with E-state index in [-0.39, 0.29) is 29.1 Å². The van der Waals surface area contributed by atoms with E-state index >= 15 is 0 Å². The Morgan fingerprint density at radius 1 is 0.931 bits per heavy atom. The number of aliphatic hydroxyl groups excluding tert-OH is 3. The molecule has 11 atom stereocenters. The zero-order chi connectivity index (χ0) is 21.1. The van der Waals surface area contributed by atoms with Crippen LogP contribution in [0, 0.1) is 46.3 Å². The van der Waals surface area contributed by atoms with Crippen molar-refractivity contribution in [2.24, 2.45) is 46.3 Å². The average molecular weight is 409 g/mol. The molecule has 29 heavy (non-hydrogen) atoms. The first-order valence-corrected chi connectivity index (χ1v) is 11.9. The molecule has 4 N–H and O–H groups in total. The molecule has 0 heterocycles. The normalized spacial score (nSPS) is 52.9. The molecule has 0 aromatic heterocycles. The summed E-state index contributed by atoms with van der Waals surface area (Å²) >= 11 is 0. The SMILES string of the molecule is CC(CCC(=O)O)C1CCC2C3C(O)CC4C(O)C(O)CCC4(C)C3CCC12C. The van der Waals surface area contributed by atoms with E-state index in [2.05, 4.69) is 20.8 Å². The number of aliphatic carboxylic acids is 1. The molecule has 0 amide bonds. The van der Waals surface area contributed by atoms with E-state index in [9.17, 15) is 20.1 Å². The Hall–Kier alpha value is -0.650. The fourth-order valence-electron chi connectivity index (χ4n) is 8.79. The third-order valence-electron chi connectivity index (χ3n) is 10.3. The van der Waals surface area contributed by atoms with Crippen LogP contribution in [0.25, 0.3) is 0 Å². The number of carboxylic acid groups (broad SMARTS) is 1. The number of carboxylic acids is 1. The minimum Gasteiger partial charge on any atom is -0.481 e. The van der Waals surface area contributed by atoms with Gasteiger partial charge in [-0.3, -0.25) is 4.79 Å². The van der Waals surface area contributed by atoms with Gasteiger partial charge in [0.15, 0.2) is 0 Å². The van der Waals surface area contributed by atoms with Crippen molar-refractivity contribution in [3.05, 3.63) is 0 Å². The number of hydrogen-bond donors (Lipinski definition) is 4. The molecule has 4 saturated carbocycles. The van der Waals surface area contributed by atoms with Crippen molar-refractivity contribution in [2.75, 3.05) is 0 Å². The molecule has 5 heteroatoms. The minimum atomic E-state index is -0.718. The van der Waals surface area contributed by atoms with Crippen LogP contribution in [0.1, 0.15) is 78.6 Å². The van der Waals surface area contributed by atoms with Gasteiger partial charge < -0.3 is 20.4 Å². The van der Waals surface area contributed by atoms with Gasteiger partial charge in [-0.2, -0.15) is 0 Å². The second-order valence-corrected chi connectivity index (χ2v) is 11.4. The summed E-state index contributed by atoms with van der Waals surface area (Å²) in [6.07, 6.45) is 5.87. The van der Waals surface area contributed by atoms with Gasteiger partial charge in [0.2, 0.25) is 0 Å². The number of aliphatic hydroxyl groups is 3. The molecule has 0 aromatic rings. The molecule has 4 aliphatic carbocycles. The molecular formula is C24H40O5. The third kappa shape index (κ3) is 3.27. The lowest BCUT2D eigenvalue weighted by molar-refractivity contribution is -0.206. The van der Waals surface area contributed by atoms with Crippen LogP contribution >= 0.6 is 0 Å². The monoisotopic (exact) mass is 408 g/mol. The van der Waals surface area contributed by atoms with Crippen molar-refractivity contribution >= 4 is 5.97 Å². The molecule has 0 bridgehead atoms. The van der Waals surface area contributed by atoms with Crippen LogP contribution in [0.4, 0.5) is 0 Å². The standard InChI is InChI=1S/C24H40O5/c1-13(4-7-20(27)28)14-5-6-15-21-16(8-10-23(14,15)2)24(3)11-9-18(25)22(29)17(24)12-19(21)26/h13-19,21-22,25-26,29H,4-12H2,1-3H3,(H,27,28). The van der Waals surface area contributed by atoms with Gasteiger partial charge in [-0.25, -0.2) is 0 Å². The Morgan fingerprint density at radius 3 is 2.28 bits per heavy atom. The summed E-state index contributed by atoms with van der Waals surface area (Å²) in [7, 11) is 0. The molecule has 0 radical (unpaired) electrons. The Balaban J connectivity index is 1.57. The number of fused-ring (bicyclic) bond motifs is 5. The van der Waals surface area contributed by atoms with E-state index in [4.69, 9.17) is 5.11 Å². The maximum atomic E-state index is 11.3. The lowest BCUT2D eigenvalue weighted by Crippen LogP contribution is -2.62. The van der Waals surface area contributed by atoms with Gasteiger partial charge in [0.05, 0.1) is 18.3 Å². The molecule has 166 valence electrons. The highest BCUT2D eigenvalue weighted by Crippen LogP contribution is 2.68. The molecule has 11 unspecified atom stereocenters. The van der Waals surface area contributed by atoms with Crippen LogP contribution in [0.15, 0.2) is 0 Å². The largest absolute Gasteiger partial charge is 0.481 e. The van der Waals surface area contributed by atoms with Gasteiger partial charge in [0.1, 0.15) is 0 Å². The molecule has 4 rings (SSSR count). The number of hydrogen-bond acceptors (Lipinski definition) is 4. The second-order valence-electron chi connectivity index (χ2n) is 11.4. The summed E-state index contributed by atoms with van der Waals surface area (Å²) in [6, 6.07) is 0. The van der Waals surface area contributed by atoms with Crippen molar-refractivity contribution in [3.63, 3.8) is 0 Å². The van der Waals surface area contributed by atoms with Gasteiger partial charge in [-0.05, 0) is 97.7 Å². The van der Waals surface area contributed by atoms with Crippen molar-refractivity contribution in [1.29, 1.82) is 0 Å². The second kappa shape index (κ2) is 7.49. The van der Waals surface area contributed by atoms with Crippen LogP contribution < -0.4 is 0 Å². The smallest absolute Gasteiger partial charge is 0.303 e. The average Bonchev–Trinajstić information content (AvgIpc) is 3.02. The molecule has 0 spiro atoms. The summed E-state index contributed by atoms with van der Waals surface area (Å²) in [5.74, 6) is 1.37. The summed E-state index contributed by atoms with van der Waals surface area (Å²) in [5, 5.41) is 41.3. The van der Waals surface area contributed by atoms with Crippen LogP contribution in [0.2, 0.25) is 0 Å². The molecular weight excluding hydrogens is 368 g/mol. The highest BCUT2D eigenvalue weighted by atomic mass is 16.4. The maximum Gasteiger partial charge on any atom is 0.303 e. The summed E-state index contributed by atoms with van der Waals surface area (Å²) in [5.41, 5.74) is 0.174. The topological polar surface area (TPSA) is 98.0 Å². The molecule has 4 fully saturated rings. The highest BCUT2D eigenvalue weighted by Gasteiger charge is 2.64. The first-order chi connectivity index (χ1) is 13.6. The molecule has 0 aromatic carbocycles. The fourth-order valence-corrected chi connectivity index (χ4v) is 8.79. The van der Waals surface area contributed by atoms with Crippen molar-refractivity contribution in [3.8, 4) is 0 Å². The number of rotatable bonds is 4. The van der Waals surface area contributed by atoms with Gasteiger partial charge in [-0.1, -0.05) is 20.8 Å². The molecule has 5 nitrogen and oxygen atoms in total. The zero-order valence-electron chi connectivity index (χ0n) is 18.3. The first-order valence-electron chi connectivity index (χ1n) is 11.9. The Labute approximate surface area is 174 Å². The van der Waals surface area contributed by atoms with E-state index in [1.54, 1.807) is 0 Å². The van der Waals surface area contributed by atoms with Crippen molar-refractivity contribution in [2.45, 2.75) is 96.9 Å². The van der Waals surface area contributed by atoms with Gasteiger partial charge in [0, 0.05) is 6.42 Å². The quantitative estimate of drug-likeness (QED) is 0.571. The van der Waals surface area contributed by atoms with Gasteiger partial charge in [-0.15, -0.1) is 0 Å². The van der Waals surface area contributed by atoms with E-state index in [0.717, 1.165) is 38.5 Å². The van der Waals surface area contributed by atoms with E-state index in [1.165, 1.54) is 0 Å². The minimum absolute atomic E-state index is 0.00309. The maximum absolute atomic E-state index is 11.3. The van der Waals surface area contributed by atoms with E-state index in [0.29, 0.717) is 36.5 Å². The fraction of sp³-hybridized carbons (Fsp3) is 0.958. The molecule has 0 saturated heterocycles. The highest BCUT2D eigenvalue weighted by molar-refractivity contribution is 5.66. The lowest BCUT2D eigenvalue weighted by atomic mass is 9.43. The Kier molecular flexibility index (Phi) is 5.57. The predicted molar refractivity (Wildman–Crippen MR) is 110 cm³/mol. The molecule has 0 aliphatic heterocycles. The van der Waals surface area contributed by atoms with E-state index in [1.807, 2.05) is 0 Å². The van der Waals surface area contributed by atoms with Crippen LogP contribution in [-0.2, 0) is 4.79 Å².